The summed E-state index contributed by atoms with van der Waals surface area (Å²) >= 11 is 0. The van der Waals surface area contributed by atoms with Gasteiger partial charge in [-0.2, -0.15) is 0 Å². The third-order valence-electron chi connectivity index (χ3n) is 3.87. The van der Waals surface area contributed by atoms with E-state index in [1.165, 1.54) is 0 Å². The van der Waals surface area contributed by atoms with Crippen LogP contribution in [0, 0.1) is 0 Å². The molecule has 0 spiro atoms. The van der Waals surface area contributed by atoms with Crippen LogP contribution in [0.3, 0.4) is 0 Å². The van der Waals surface area contributed by atoms with Crippen LogP contribution in [-0.2, 0) is 13.6 Å². The quantitative estimate of drug-likeness (QED) is 0.788. The molecule has 0 unspecified atom stereocenters. The SMILES string of the molecule is CCOP1(c2ccccc2)(c2ccccc2)OC(C)=C(C)O1. The fraction of sp³-hybridized carbons (Fsp3) is 0.222. The molecule has 0 saturated heterocycles. The molecule has 3 rings (SSSR count). The fourth-order valence-corrected chi connectivity index (χ4v) is 7.07. The molecule has 22 heavy (non-hydrogen) atoms. The molecule has 0 aromatic heterocycles. The molecular formula is C18H21O3P. The number of benzene rings is 2. The van der Waals surface area contributed by atoms with Crippen LogP contribution in [0.2, 0.25) is 0 Å². The summed E-state index contributed by atoms with van der Waals surface area (Å²) in [4.78, 5) is 0. The molecule has 3 nitrogen and oxygen atoms in total. The molecule has 0 aliphatic carbocycles. The molecule has 0 saturated carbocycles. The van der Waals surface area contributed by atoms with Gasteiger partial charge >= 0.3 is 131 Å². The van der Waals surface area contributed by atoms with E-state index in [1.807, 2.05) is 81.4 Å². The summed E-state index contributed by atoms with van der Waals surface area (Å²) in [5.74, 6) is 1.55. The third-order valence-corrected chi connectivity index (χ3v) is 8.18. The van der Waals surface area contributed by atoms with Gasteiger partial charge in [0.25, 0.3) is 0 Å². The normalized spacial score (nSPS) is 20.6. The van der Waals surface area contributed by atoms with Crippen molar-refractivity contribution in [1.29, 1.82) is 0 Å². The Morgan fingerprint density at radius 2 is 1.18 bits per heavy atom. The first-order valence-corrected chi connectivity index (χ1v) is 9.46. The van der Waals surface area contributed by atoms with Crippen LogP contribution < -0.4 is 10.6 Å². The van der Waals surface area contributed by atoms with E-state index in [9.17, 15) is 0 Å². The first-order chi connectivity index (χ1) is 10.6. The van der Waals surface area contributed by atoms with Gasteiger partial charge in [0.05, 0.1) is 0 Å². The standard InChI is InChI=1S/C18H21O3P/c1-4-19-22(17-11-7-5-8-12-17,18-13-9-6-10-14-18)20-15(2)16(3)21-22/h5-14H,4H2,1-3H3. The molecule has 116 valence electrons. The van der Waals surface area contributed by atoms with Gasteiger partial charge in [0.1, 0.15) is 0 Å². The van der Waals surface area contributed by atoms with Crippen LogP contribution in [0.5, 0.6) is 0 Å². The van der Waals surface area contributed by atoms with Gasteiger partial charge in [-0.15, -0.1) is 0 Å². The van der Waals surface area contributed by atoms with Gasteiger partial charge in [0.2, 0.25) is 0 Å². The molecule has 1 aliphatic rings. The molecule has 2 aromatic carbocycles. The van der Waals surface area contributed by atoms with E-state index in [-0.39, 0.29) is 0 Å². The Bertz CT molecular complexity index is 637. The summed E-state index contributed by atoms with van der Waals surface area (Å²) in [5, 5.41) is 1.88. The molecule has 0 radical (unpaired) electrons. The van der Waals surface area contributed by atoms with Crippen molar-refractivity contribution >= 4 is 17.9 Å². The zero-order valence-corrected chi connectivity index (χ0v) is 14.0. The van der Waals surface area contributed by atoms with E-state index in [0.717, 1.165) is 22.1 Å². The van der Waals surface area contributed by atoms with Crippen LogP contribution in [-0.4, -0.2) is 6.61 Å². The molecule has 0 atom stereocenters. The Hall–Kier alpha value is -1.83. The van der Waals surface area contributed by atoms with Gasteiger partial charge in [-0.05, 0) is 0 Å². The van der Waals surface area contributed by atoms with Crippen molar-refractivity contribution in [3.05, 3.63) is 72.2 Å². The number of allylic oxidation sites excluding steroid dienone is 2. The van der Waals surface area contributed by atoms with Crippen molar-refractivity contribution in [2.45, 2.75) is 20.8 Å². The molecule has 0 amide bonds. The average Bonchev–Trinajstić information content (AvgIpc) is 2.83. The van der Waals surface area contributed by atoms with Gasteiger partial charge in [-0.3, -0.25) is 0 Å². The fourth-order valence-electron chi connectivity index (χ4n) is 2.81. The van der Waals surface area contributed by atoms with Crippen LogP contribution in [0.4, 0.5) is 0 Å². The van der Waals surface area contributed by atoms with Crippen LogP contribution >= 0.6 is 7.28 Å². The van der Waals surface area contributed by atoms with E-state index in [4.69, 9.17) is 13.6 Å². The first-order valence-electron chi connectivity index (χ1n) is 7.47. The Morgan fingerprint density at radius 3 is 1.55 bits per heavy atom. The Morgan fingerprint density at radius 1 is 0.773 bits per heavy atom. The van der Waals surface area contributed by atoms with Gasteiger partial charge in [-0.1, -0.05) is 0 Å². The second-order valence-corrected chi connectivity index (χ2v) is 8.69. The van der Waals surface area contributed by atoms with Crippen molar-refractivity contribution in [1.82, 2.24) is 0 Å². The van der Waals surface area contributed by atoms with Crippen molar-refractivity contribution < 1.29 is 13.6 Å². The summed E-state index contributed by atoms with van der Waals surface area (Å²) in [5.41, 5.74) is 0. The van der Waals surface area contributed by atoms with E-state index in [0.29, 0.717) is 6.61 Å². The molecular weight excluding hydrogens is 295 g/mol. The van der Waals surface area contributed by atoms with Crippen molar-refractivity contribution in [3.8, 4) is 0 Å². The summed E-state index contributed by atoms with van der Waals surface area (Å²) in [6, 6.07) is 20.0. The Balaban J connectivity index is 2.31. The molecule has 4 heteroatoms. The summed E-state index contributed by atoms with van der Waals surface area (Å²) in [6.07, 6.45) is 0. The summed E-state index contributed by atoms with van der Waals surface area (Å²) < 4.78 is 19.2. The minimum atomic E-state index is -3.63. The third kappa shape index (κ3) is 2.05. The van der Waals surface area contributed by atoms with Crippen LogP contribution in [0.25, 0.3) is 0 Å². The molecule has 1 heterocycles. The molecule has 0 N–H and O–H groups in total. The monoisotopic (exact) mass is 316 g/mol. The van der Waals surface area contributed by atoms with E-state index in [2.05, 4.69) is 0 Å². The second kappa shape index (κ2) is 5.42. The van der Waals surface area contributed by atoms with E-state index < -0.39 is 7.28 Å². The zero-order valence-electron chi connectivity index (χ0n) is 13.2. The number of rotatable bonds is 4. The van der Waals surface area contributed by atoms with Gasteiger partial charge in [-0.25, -0.2) is 0 Å². The average molecular weight is 316 g/mol. The maximum atomic E-state index is 6.43. The summed E-state index contributed by atoms with van der Waals surface area (Å²) in [6.45, 7) is 6.32. The van der Waals surface area contributed by atoms with Crippen molar-refractivity contribution in [2.24, 2.45) is 0 Å². The van der Waals surface area contributed by atoms with Gasteiger partial charge in [0, 0.05) is 0 Å². The van der Waals surface area contributed by atoms with Crippen LogP contribution in [0.1, 0.15) is 20.8 Å². The predicted octanol–water partition coefficient (Wildman–Crippen LogP) is 4.27. The summed E-state index contributed by atoms with van der Waals surface area (Å²) in [7, 11) is -3.63. The molecule has 1 aliphatic heterocycles. The maximum absolute atomic E-state index is 6.43. The van der Waals surface area contributed by atoms with Crippen molar-refractivity contribution in [2.75, 3.05) is 6.61 Å². The Labute approximate surface area is 131 Å². The molecule has 2 aromatic rings. The predicted molar refractivity (Wildman–Crippen MR) is 91.2 cm³/mol. The van der Waals surface area contributed by atoms with Gasteiger partial charge < -0.3 is 0 Å². The van der Waals surface area contributed by atoms with E-state index in [1.54, 1.807) is 0 Å². The van der Waals surface area contributed by atoms with Crippen LogP contribution in [0.15, 0.2) is 72.2 Å². The Kier molecular flexibility index (Phi) is 3.72. The zero-order chi connectivity index (χ0) is 15.7. The van der Waals surface area contributed by atoms with Gasteiger partial charge in [0.15, 0.2) is 0 Å². The molecule has 0 fully saturated rings. The minimum absolute atomic E-state index is 0.502. The molecule has 0 bridgehead atoms. The first kappa shape index (κ1) is 15.1. The number of hydrogen-bond acceptors (Lipinski definition) is 3. The second-order valence-electron chi connectivity index (χ2n) is 5.27. The topological polar surface area (TPSA) is 27.7 Å². The number of hydrogen-bond donors (Lipinski definition) is 0. The van der Waals surface area contributed by atoms with E-state index >= 15 is 0 Å². The van der Waals surface area contributed by atoms with Crippen molar-refractivity contribution in [3.63, 3.8) is 0 Å².